The number of benzene rings is 1. The smallest absolute Gasteiger partial charge is 0.338 e. The van der Waals surface area contributed by atoms with Crippen molar-refractivity contribution in [2.24, 2.45) is 5.92 Å². The molecule has 1 heterocycles. The topological polar surface area (TPSA) is 90.3 Å². The van der Waals surface area contributed by atoms with Crippen LogP contribution in [0.3, 0.4) is 0 Å². The number of ether oxygens (including phenoxy) is 1. The van der Waals surface area contributed by atoms with E-state index in [0.29, 0.717) is 34.8 Å². The van der Waals surface area contributed by atoms with E-state index in [1.54, 1.807) is 29.7 Å². The van der Waals surface area contributed by atoms with Crippen LogP contribution in [0.5, 0.6) is 0 Å². The molecule has 1 amide bonds. The van der Waals surface area contributed by atoms with Crippen molar-refractivity contribution in [2.75, 3.05) is 6.61 Å². The first kappa shape index (κ1) is 20.0. The molecule has 28 heavy (non-hydrogen) atoms. The molecule has 7 nitrogen and oxygen atoms in total. The van der Waals surface area contributed by atoms with E-state index < -0.39 is 5.97 Å². The molecule has 150 valence electrons. The maximum Gasteiger partial charge on any atom is 0.338 e. The molecule has 1 aromatic heterocycles. The number of hydrogen-bond acceptors (Lipinski definition) is 5. The van der Waals surface area contributed by atoms with Gasteiger partial charge in [-0.1, -0.05) is 6.92 Å². The van der Waals surface area contributed by atoms with Crippen LogP contribution in [0.15, 0.2) is 23.0 Å². The normalized spacial score (nSPS) is 19.4. The van der Waals surface area contributed by atoms with Crippen molar-refractivity contribution in [1.29, 1.82) is 0 Å². The number of nitrogens with zero attached hydrogens (tertiary/aromatic N) is 2. The Morgan fingerprint density at radius 2 is 1.96 bits per heavy atom. The van der Waals surface area contributed by atoms with Crippen molar-refractivity contribution >= 4 is 22.9 Å². The summed E-state index contributed by atoms with van der Waals surface area (Å²) in [5.74, 6) is -0.147. The van der Waals surface area contributed by atoms with Crippen LogP contribution < -0.4 is 10.9 Å². The monoisotopic (exact) mass is 385 g/mol. The number of aryl methyl sites for hydroxylation is 2. The second-order valence-electron chi connectivity index (χ2n) is 7.55. The summed E-state index contributed by atoms with van der Waals surface area (Å²) in [5.41, 5.74) is 1.76. The maximum atomic E-state index is 12.3. The van der Waals surface area contributed by atoms with Gasteiger partial charge in [0.1, 0.15) is 5.69 Å². The van der Waals surface area contributed by atoms with E-state index in [4.69, 9.17) is 4.74 Å². The average Bonchev–Trinajstić information content (AvgIpc) is 2.68. The zero-order valence-electron chi connectivity index (χ0n) is 16.7. The lowest BCUT2D eigenvalue weighted by Crippen LogP contribution is -2.39. The first-order chi connectivity index (χ1) is 13.4. The number of carbonyl (C=O) groups is 2. The number of amides is 1. The number of fused-ring (bicyclic) bond motifs is 1. The van der Waals surface area contributed by atoms with Crippen molar-refractivity contribution < 1.29 is 14.3 Å². The summed E-state index contributed by atoms with van der Waals surface area (Å²) in [7, 11) is 0. The number of esters is 1. The van der Waals surface area contributed by atoms with Gasteiger partial charge in [-0.15, -0.1) is 0 Å². The van der Waals surface area contributed by atoms with Crippen LogP contribution in [0.1, 0.15) is 55.6 Å². The van der Waals surface area contributed by atoms with Gasteiger partial charge < -0.3 is 14.6 Å². The SMILES string of the molecule is CCn1c(=O)c(C)nc2cc(C(=O)OCC(=O)NC3CCC(C)CC3)ccc21. The molecule has 1 N–H and O–H groups in total. The van der Waals surface area contributed by atoms with E-state index in [-0.39, 0.29) is 24.1 Å². The third-order valence-corrected chi connectivity index (χ3v) is 5.38. The Hall–Kier alpha value is -2.70. The molecule has 1 saturated carbocycles. The van der Waals surface area contributed by atoms with E-state index in [1.165, 1.54) is 0 Å². The maximum absolute atomic E-state index is 12.3. The molecule has 7 heteroatoms. The fraction of sp³-hybridized carbons (Fsp3) is 0.524. The highest BCUT2D eigenvalue weighted by Crippen LogP contribution is 2.23. The Morgan fingerprint density at radius 3 is 2.64 bits per heavy atom. The van der Waals surface area contributed by atoms with Crippen LogP contribution in [-0.2, 0) is 16.1 Å². The molecule has 0 spiro atoms. The van der Waals surface area contributed by atoms with Crippen LogP contribution >= 0.6 is 0 Å². The molecule has 1 aliphatic carbocycles. The van der Waals surface area contributed by atoms with Gasteiger partial charge >= 0.3 is 5.97 Å². The molecular formula is C21H27N3O4. The third kappa shape index (κ3) is 4.40. The minimum absolute atomic E-state index is 0.140. The quantitative estimate of drug-likeness (QED) is 0.799. The van der Waals surface area contributed by atoms with Gasteiger partial charge in [0.15, 0.2) is 6.61 Å². The van der Waals surface area contributed by atoms with E-state index in [9.17, 15) is 14.4 Å². The Bertz CT molecular complexity index is 943. The highest BCUT2D eigenvalue weighted by atomic mass is 16.5. The fourth-order valence-electron chi connectivity index (χ4n) is 3.70. The van der Waals surface area contributed by atoms with Gasteiger partial charge in [-0.3, -0.25) is 9.59 Å². The van der Waals surface area contributed by atoms with E-state index in [0.717, 1.165) is 25.7 Å². The highest BCUT2D eigenvalue weighted by molar-refractivity contribution is 5.94. The van der Waals surface area contributed by atoms with Crippen LogP contribution in [0, 0.1) is 12.8 Å². The van der Waals surface area contributed by atoms with Gasteiger partial charge in [-0.25, -0.2) is 9.78 Å². The van der Waals surface area contributed by atoms with Crippen molar-refractivity contribution in [3.05, 3.63) is 39.8 Å². The summed E-state index contributed by atoms with van der Waals surface area (Å²) < 4.78 is 6.78. The lowest BCUT2D eigenvalue weighted by atomic mass is 9.87. The minimum Gasteiger partial charge on any atom is -0.452 e. The second-order valence-corrected chi connectivity index (χ2v) is 7.55. The lowest BCUT2D eigenvalue weighted by Gasteiger charge is -2.26. The van der Waals surface area contributed by atoms with Gasteiger partial charge in [0.25, 0.3) is 11.5 Å². The molecule has 1 aliphatic rings. The van der Waals surface area contributed by atoms with E-state index >= 15 is 0 Å². The summed E-state index contributed by atoms with van der Waals surface area (Å²) in [5, 5.41) is 2.94. The molecule has 0 radical (unpaired) electrons. The predicted octanol–water partition coefficient (Wildman–Crippen LogP) is 2.58. The fourth-order valence-corrected chi connectivity index (χ4v) is 3.70. The first-order valence-corrected chi connectivity index (χ1v) is 9.86. The number of carbonyl (C=O) groups excluding carboxylic acids is 2. The molecule has 0 bridgehead atoms. The molecule has 2 aromatic rings. The molecule has 0 unspecified atom stereocenters. The minimum atomic E-state index is -0.581. The van der Waals surface area contributed by atoms with Crippen molar-refractivity contribution in [3.8, 4) is 0 Å². The van der Waals surface area contributed by atoms with Crippen LogP contribution in [0.25, 0.3) is 11.0 Å². The highest BCUT2D eigenvalue weighted by Gasteiger charge is 2.20. The summed E-state index contributed by atoms with van der Waals surface area (Å²) in [6, 6.07) is 5.04. The van der Waals surface area contributed by atoms with Gasteiger partial charge in [0.05, 0.1) is 16.6 Å². The lowest BCUT2D eigenvalue weighted by molar-refractivity contribution is -0.125. The van der Waals surface area contributed by atoms with Crippen molar-refractivity contribution in [3.63, 3.8) is 0 Å². The summed E-state index contributed by atoms with van der Waals surface area (Å²) in [6.45, 7) is 5.97. The number of nitrogens with one attached hydrogen (secondary N) is 1. The number of hydrogen-bond donors (Lipinski definition) is 1. The molecule has 0 saturated heterocycles. The van der Waals surface area contributed by atoms with Gasteiger partial charge in [-0.2, -0.15) is 0 Å². The first-order valence-electron chi connectivity index (χ1n) is 9.86. The molecule has 0 atom stereocenters. The van der Waals surface area contributed by atoms with Crippen molar-refractivity contribution in [2.45, 2.75) is 59.0 Å². The Kier molecular flexibility index (Phi) is 6.11. The second kappa shape index (κ2) is 8.54. The van der Waals surface area contributed by atoms with Crippen molar-refractivity contribution in [1.82, 2.24) is 14.9 Å². The summed E-state index contributed by atoms with van der Waals surface area (Å²) >= 11 is 0. The zero-order chi connectivity index (χ0) is 20.3. The van der Waals surface area contributed by atoms with Crippen LogP contribution in [0.2, 0.25) is 0 Å². The summed E-state index contributed by atoms with van der Waals surface area (Å²) in [4.78, 5) is 40.8. The standard InChI is InChI=1S/C21H27N3O4/c1-4-24-18-10-7-15(11-17(18)22-14(3)20(24)26)21(27)28-12-19(25)23-16-8-5-13(2)6-9-16/h7,10-11,13,16H,4-6,8-9,12H2,1-3H3,(H,23,25). The Balaban J connectivity index is 1.64. The predicted molar refractivity (Wildman–Crippen MR) is 106 cm³/mol. The van der Waals surface area contributed by atoms with Gasteiger partial charge in [-0.05, 0) is 63.6 Å². The molecule has 0 aliphatic heterocycles. The van der Waals surface area contributed by atoms with E-state index in [2.05, 4.69) is 17.2 Å². The zero-order valence-corrected chi connectivity index (χ0v) is 16.7. The third-order valence-electron chi connectivity index (χ3n) is 5.38. The van der Waals surface area contributed by atoms with Crippen LogP contribution in [-0.4, -0.2) is 34.1 Å². The summed E-state index contributed by atoms with van der Waals surface area (Å²) in [6.07, 6.45) is 4.15. The molecule has 1 aromatic carbocycles. The average molecular weight is 385 g/mol. The Morgan fingerprint density at radius 1 is 1.25 bits per heavy atom. The van der Waals surface area contributed by atoms with Gasteiger partial charge in [0.2, 0.25) is 0 Å². The largest absolute Gasteiger partial charge is 0.452 e. The van der Waals surface area contributed by atoms with Gasteiger partial charge in [0, 0.05) is 12.6 Å². The molecule has 1 fully saturated rings. The number of rotatable bonds is 5. The molecule has 3 rings (SSSR count). The number of aromatic nitrogens is 2. The van der Waals surface area contributed by atoms with Crippen LogP contribution in [0.4, 0.5) is 0 Å². The Labute approximate surface area is 164 Å². The van der Waals surface area contributed by atoms with E-state index in [1.807, 2.05) is 6.92 Å². The molecular weight excluding hydrogens is 358 g/mol.